The van der Waals surface area contributed by atoms with Crippen LogP contribution in [0, 0.1) is 0 Å². The summed E-state index contributed by atoms with van der Waals surface area (Å²) in [5.74, 6) is 0.444. The van der Waals surface area contributed by atoms with E-state index in [1.54, 1.807) is 25.1 Å². The zero-order valence-electron chi connectivity index (χ0n) is 17.2. The van der Waals surface area contributed by atoms with Crippen LogP contribution < -0.4 is 4.74 Å². The van der Waals surface area contributed by atoms with E-state index in [1.165, 1.54) is 6.08 Å². The molecule has 0 saturated heterocycles. The maximum atomic E-state index is 11.9. The summed E-state index contributed by atoms with van der Waals surface area (Å²) in [6.45, 7) is 2.51. The Morgan fingerprint density at radius 3 is 2.55 bits per heavy atom. The van der Waals surface area contributed by atoms with Crippen molar-refractivity contribution in [3.63, 3.8) is 0 Å². The van der Waals surface area contributed by atoms with Gasteiger partial charge in [-0.2, -0.15) is 0 Å². The van der Waals surface area contributed by atoms with Crippen molar-refractivity contribution in [3.8, 4) is 17.2 Å². The fraction of sp³-hybridized carbons (Fsp3) is 0.115. The molecule has 0 unspecified atom stereocenters. The molecule has 0 aliphatic heterocycles. The van der Waals surface area contributed by atoms with Crippen LogP contribution in [0.3, 0.4) is 0 Å². The smallest absolute Gasteiger partial charge is 0.330 e. The van der Waals surface area contributed by atoms with Gasteiger partial charge < -0.3 is 19.1 Å². The van der Waals surface area contributed by atoms with Crippen LogP contribution in [0.2, 0.25) is 0 Å². The first-order valence-electron chi connectivity index (χ1n) is 10.1. The number of carbonyl (C=O) groups excluding carboxylic acids is 1. The zero-order chi connectivity index (χ0) is 21.6. The van der Waals surface area contributed by atoms with Crippen molar-refractivity contribution >= 4 is 22.9 Å². The fourth-order valence-corrected chi connectivity index (χ4v) is 3.47. The number of hydrogen-bond acceptors (Lipinski definition) is 4. The third-order valence-electron chi connectivity index (χ3n) is 4.87. The van der Waals surface area contributed by atoms with Gasteiger partial charge in [0, 0.05) is 17.2 Å². The molecule has 4 aromatic rings. The Kier molecular flexibility index (Phi) is 6.03. The molecule has 4 rings (SSSR count). The number of fused-ring (bicyclic) bond motifs is 1. The molecule has 31 heavy (non-hydrogen) atoms. The lowest BCUT2D eigenvalue weighted by atomic mass is 10.2. The van der Waals surface area contributed by atoms with Crippen molar-refractivity contribution in [1.29, 1.82) is 0 Å². The summed E-state index contributed by atoms with van der Waals surface area (Å²) in [5, 5.41) is 11.4. The minimum absolute atomic E-state index is 0.140. The highest BCUT2D eigenvalue weighted by Crippen LogP contribution is 2.35. The molecule has 0 aliphatic carbocycles. The van der Waals surface area contributed by atoms with Gasteiger partial charge >= 0.3 is 5.97 Å². The van der Waals surface area contributed by atoms with Crippen molar-refractivity contribution in [3.05, 3.63) is 96.2 Å². The first-order valence-corrected chi connectivity index (χ1v) is 10.1. The number of aromatic nitrogens is 1. The summed E-state index contributed by atoms with van der Waals surface area (Å²) >= 11 is 0. The SMILES string of the molecule is CCOC(=O)/C=C\c1cc2c(OCc3ccccc3)cccc2n1-c1ccccc1O. The molecule has 1 aromatic heterocycles. The van der Waals surface area contributed by atoms with Crippen molar-refractivity contribution in [1.82, 2.24) is 4.57 Å². The molecule has 0 atom stereocenters. The van der Waals surface area contributed by atoms with E-state index in [0.29, 0.717) is 18.9 Å². The topological polar surface area (TPSA) is 60.7 Å². The molecule has 5 nitrogen and oxygen atoms in total. The van der Waals surface area contributed by atoms with Crippen LogP contribution in [0.4, 0.5) is 0 Å². The van der Waals surface area contributed by atoms with Crippen LogP contribution in [-0.4, -0.2) is 22.2 Å². The van der Waals surface area contributed by atoms with Crippen LogP contribution in [0.15, 0.2) is 84.9 Å². The summed E-state index contributed by atoms with van der Waals surface area (Å²) in [7, 11) is 0. The van der Waals surface area contributed by atoms with Gasteiger partial charge in [-0.05, 0) is 48.9 Å². The standard InChI is InChI=1S/C26H23NO4/c1-2-30-26(29)16-15-20-17-21-22(27(20)23-11-6-7-13-24(23)28)12-8-14-25(21)31-18-19-9-4-3-5-10-19/h3-17,28H,2,18H2,1H3/b16-15-. The number of phenolic OH excluding ortho intramolecular Hbond substituents is 1. The predicted molar refractivity (Wildman–Crippen MR) is 121 cm³/mol. The summed E-state index contributed by atoms with van der Waals surface area (Å²) in [5.41, 5.74) is 3.26. The normalized spacial score (nSPS) is 11.1. The first-order chi connectivity index (χ1) is 15.2. The number of nitrogens with zero attached hydrogens (tertiary/aromatic N) is 1. The molecule has 0 bridgehead atoms. The van der Waals surface area contributed by atoms with E-state index in [2.05, 4.69) is 0 Å². The average Bonchev–Trinajstić information content (AvgIpc) is 3.16. The summed E-state index contributed by atoms with van der Waals surface area (Å²) < 4.78 is 13.0. The third kappa shape index (κ3) is 4.46. The van der Waals surface area contributed by atoms with Gasteiger partial charge in [-0.1, -0.05) is 48.5 Å². The van der Waals surface area contributed by atoms with E-state index >= 15 is 0 Å². The quantitative estimate of drug-likeness (QED) is 0.321. The number of carbonyl (C=O) groups is 1. The Hall–Kier alpha value is -3.99. The summed E-state index contributed by atoms with van der Waals surface area (Å²) in [4.78, 5) is 11.9. The molecule has 0 amide bonds. The van der Waals surface area contributed by atoms with Crippen molar-refractivity contribution in [2.45, 2.75) is 13.5 Å². The van der Waals surface area contributed by atoms with E-state index in [1.807, 2.05) is 71.3 Å². The highest BCUT2D eigenvalue weighted by atomic mass is 16.5. The third-order valence-corrected chi connectivity index (χ3v) is 4.87. The van der Waals surface area contributed by atoms with E-state index in [9.17, 15) is 9.90 Å². The Morgan fingerprint density at radius 2 is 1.77 bits per heavy atom. The minimum atomic E-state index is -0.419. The zero-order valence-corrected chi connectivity index (χ0v) is 17.2. The second kappa shape index (κ2) is 9.22. The molecule has 5 heteroatoms. The Balaban J connectivity index is 1.80. The van der Waals surface area contributed by atoms with Crippen LogP contribution in [0.5, 0.6) is 11.5 Å². The number of ether oxygens (including phenoxy) is 2. The highest BCUT2D eigenvalue weighted by Gasteiger charge is 2.15. The molecular weight excluding hydrogens is 390 g/mol. The second-order valence-electron chi connectivity index (χ2n) is 6.94. The molecule has 0 aliphatic rings. The fourth-order valence-electron chi connectivity index (χ4n) is 3.47. The molecule has 3 aromatic carbocycles. The number of esters is 1. The van der Waals surface area contributed by atoms with E-state index < -0.39 is 5.97 Å². The summed E-state index contributed by atoms with van der Waals surface area (Å²) in [6.07, 6.45) is 3.07. The van der Waals surface area contributed by atoms with Crippen LogP contribution in [0.1, 0.15) is 18.2 Å². The van der Waals surface area contributed by atoms with E-state index in [0.717, 1.165) is 27.9 Å². The number of rotatable bonds is 7. The average molecular weight is 413 g/mol. The lowest BCUT2D eigenvalue weighted by molar-refractivity contribution is -0.137. The van der Waals surface area contributed by atoms with E-state index in [4.69, 9.17) is 9.47 Å². The summed E-state index contributed by atoms with van der Waals surface area (Å²) in [6, 6.07) is 24.8. The largest absolute Gasteiger partial charge is 0.506 e. The van der Waals surface area contributed by atoms with Crippen molar-refractivity contribution in [2.24, 2.45) is 0 Å². The number of hydrogen-bond donors (Lipinski definition) is 1. The van der Waals surface area contributed by atoms with Gasteiger partial charge in [0.2, 0.25) is 0 Å². The van der Waals surface area contributed by atoms with Gasteiger partial charge in [0.15, 0.2) is 0 Å². The molecule has 0 radical (unpaired) electrons. The van der Waals surface area contributed by atoms with Crippen LogP contribution in [0.25, 0.3) is 22.7 Å². The molecule has 0 saturated carbocycles. The molecule has 0 spiro atoms. The molecule has 0 fully saturated rings. The van der Waals surface area contributed by atoms with Gasteiger partial charge in [-0.25, -0.2) is 4.79 Å². The van der Waals surface area contributed by atoms with Gasteiger partial charge in [-0.3, -0.25) is 0 Å². The van der Waals surface area contributed by atoms with Crippen molar-refractivity contribution < 1.29 is 19.4 Å². The number of benzene rings is 3. The Morgan fingerprint density at radius 1 is 1.00 bits per heavy atom. The second-order valence-corrected chi connectivity index (χ2v) is 6.94. The van der Waals surface area contributed by atoms with Gasteiger partial charge in [-0.15, -0.1) is 0 Å². The molecule has 1 N–H and O–H groups in total. The maximum Gasteiger partial charge on any atom is 0.330 e. The highest BCUT2D eigenvalue weighted by molar-refractivity contribution is 5.93. The number of aromatic hydroxyl groups is 1. The van der Waals surface area contributed by atoms with Crippen molar-refractivity contribution in [2.75, 3.05) is 6.61 Å². The first kappa shape index (κ1) is 20.3. The predicted octanol–water partition coefficient (Wildman–Crippen LogP) is 5.49. The lowest BCUT2D eigenvalue weighted by Gasteiger charge is -2.12. The van der Waals surface area contributed by atoms with Gasteiger partial charge in [0.05, 0.1) is 17.8 Å². The molecule has 1 heterocycles. The van der Waals surface area contributed by atoms with Crippen LogP contribution >= 0.6 is 0 Å². The number of para-hydroxylation sites is 2. The molecular formula is C26H23NO4. The van der Waals surface area contributed by atoms with Crippen LogP contribution in [-0.2, 0) is 16.1 Å². The monoisotopic (exact) mass is 413 g/mol. The van der Waals surface area contributed by atoms with Gasteiger partial charge in [0.25, 0.3) is 0 Å². The van der Waals surface area contributed by atoms with E-state index in [-0.39, 0.29) is 5.75 Å². The number of phenols is 1. The van der Waals surface area contributed by atoms with Gasteiger partial charge in [0.1, 0.15) is 18.1 Å². The lowest BCUT2D eigenvalue weighted by Crippen LogP contribution is -2.00. The maximum absolute atomic E-state index is 11.9. The Bertz CT molecular complexity index is 1220. The minimum Gasteiger partial charge on any atom is -0.506 e. The molecule has 156 valence electrons. The Labute approximate surface area is 180 Å².